The number of ether oxygens (including phenoxy) is 1. The molecule has 0 aliphatic carbocycles. The molecule has 3 N–H and O–H groups in total. The number of hydrogen-bond acceptors (Lipinski definition) is 5. The van der Waals surface area contributed by atoms with Gasteiger partial charge in [-0.1, -0.05) is 89.1 Å². The van der Waals surface area contributed by atoms with Gasteiger partial charge in [-0.2, -0.15) is 0 Å². The van der Waals surface area contributed by atoms with Gasteiger partial charge in [0.2, 0.25) is 17.7 Å². The molecule has 3 amide bonds. The molecule has 1 aliphatic heterocycles. The standard InChI is InChI=1S/C33H48N4O4/c1-6-23(3)29-33(40)37(5)30(24(4)7-2)32(39)36-27(22-25-14-9-8-10-15-25)31(38)35-19-13-17-26-16-11-12-18-28(26)41-21-20-34-29/h8-12,14-16,18,23-24,27,29-30,34H,6-7,13,17,19-22H2,1-5H3,(H,35,38)(H,36,39)/t23?,24?,27-,29+,30+/m1/s1. The Morgan fingerprint density at radius 2 is 1.59 bits per heavy atom. The molecule has 2 aromatic carbocycles. The van der Waals surface area contributed by atoms with Gasteiger partial charge in [-0.25, -0.2) is 0 Å². The van der Waals surface area contributed by atoms with Gasteiger partial charge in [0.25, 0.3) is 0 Å². The van der Waals surface area contributed by atoms with Crippen LogP contribution in [0.5, 0.6) is 5.75 Å². The number of para-hydroxylation sites is 1. The Hall–Kier alpha value is -3.39. The maximum atomic E-state index is 13.9. The van der Waals surface area contributed by atoms with Crippen LogP contribution in [0.25, 0.3) is 0 Å². The third-order valence-corrected chi connectivity index (χ3v) is 8.23. The molecule has 1 heterocycles. The fourth-order valence-electron chi connectivity index (χ4n) is 5.32. The molecule has 8 heteroatoms. The van der Waals surface area contributed by atoms with Crippen molar-refractivity contribution in [3.05, 3.63) is 65.7 Å². The highest BCUT2D eigenvalue weighted by Gasteiger charge is 2.37. The van der Waals surface area contributed by atoms with E-state index in [9.17, 15) is 14.4 Å². The summed E-state index contributed by atoms with van der Waals surface area (Å²) < 4.78 is 6.12. The predicted molar refractivity (Wildman–Crippen MR) is 163 cm³/mol. The lowest BCUT2D eigenvalue weighted by atomic mass is 9.93. The van der Waals surface area contributed by atoms with Gasteiger partial charge in [-0.05, 0) is 41.9 Å². The summed E-state index contributed by atoms with van der Waals surface area (Å²) in [6.45, 7) is 9.47. The van der Waals surface area contributed by atoms with Gasteiger partial charge in [-0.3, -0.25) is 14.4 Å². The minimum Gasteiger partial charge on any atom is -0.492 e. The van der Waals surface area contributed by atoms with E-state index in [0.29, 0.717) is 32.5 Å². The molecule has 0 fully saturated rings. The Morgan fingerprint density at radius 3 is 2.29 bits per heavy atom. The fraction of sp³-hybridized carbons (Fsp3) is 0.545. The van der Waals surface area contributed by atoms with Crippen LogP contribution in [0.15, 0.2) is 54.6 Å². The minimum absolute atomic E-state index is 0.0556. The van der Waals surface area contributed by atoms with Crippen molar-refractivity contribution in [1.29, 1.82) is 0 Å². The molecule has 3 rings (SSSR count). The van der Waals surface area contributed by atoms with Crippen molar-refractivity contribution in [3.63, 3.8) is 0 Å². The average molecular weight is 565 g/mol. The van der Waals surface area contributed by atoms with Crippen molar-refractivity contribution in [2.24, 2.45) is 11.8 Å². The topological polar surface area (TPSA) is 99.8 Å². The largest absolute Gasteiger partial charge is 0.492 e. The number of rotatable bonds is 6. The molecule has 224 valence electrons. The van der Waals surface area contributed by atoms with Crippen LogP contribution in [0.1, 0.15) is 58.1 Å². The van der Waals surface area contributed by atoms with E-state index >= 15 is 0 Å². The molecule has 1 aliphatic rings. The molecule has 2 unspecified atom stereocenters. The third-order valence-electron chi connectivity index (χ3n) is 8.23. The number of aryl methyl sites for hydroxylation is 1. The van der Waals surface area contributed by atoms with E-state index in [2.05, 4.69) is 22.9 Å². The van der Waals surface area contributed by atoms with Crippen molar-refractivity contribution in [1.82, 2.24) is 20.9 Å². The SMILES string of the molecule is CCC(C)[C@@H]1NCCOc2ccccc2CCCNC(=O)[C@@H](Cc2ccccc2)NC(=O)[C@H](C(C)CC)N(C)C1=O. The van der Waals surface area contributed by atoms with Gasteiger partial charge < -0.3 is 25.6 Å². The second-order valence-electron chi connectivity index (χ2n) is 11.2. The van der Waals surface area contributed by atoms with Crippen molar-refractivity contribution in [3.8, 4) is 5.75 Å². The van der Waals surface area contributed by atoms with Crippen LogP contribution in [0.3, 0.4) is 0 Å². The quantitative estimate of drug-likeness (QED) is 0.497. The van der Waals surface area contributed by atoms with E-state index in [1.807, 2.05) is 75.4 Å². The Kier molecular flexibility index (Phi) is 12.7. The highest BCUT2D eigenvalue weighted by atomic mass is 16.5. The summed E-state index contributed by atoms with van der Waals surface area (Å²) in [6, 6.07) is 15.7. The van der Waals surface area contributed by atoms with E-state index in [0.717, 1.165) is 36.1 Å². The summed E-state index contributed by atoms with van der Waals surface area (Å²) in [4.78, 5) is 42.8. The van der Waals surface area contributed by atoms with Crippen molar-refractivity contribution < 1.29 is 19.1 Å². The van der Waals surface area contributed by atoms with Gasteiger partial charge in [-0.15, -0.1) is 0 Å². The number of likely N-dealkylation sites (N-methyl/N-ethyl adjacent to an activating group) is 1. The monoisotopic (exact) mass is 564 g/mol. The first-order chi connectivity index (χ1) is 19.8. The number of amides is 3. The Morgan fingerprint density at radius 1 is 0.902 bits per heavy atom. The molecule has 0 saturated carbocycles. The maximum absolute atomic E-state index is 13.9. The molecule has 8 nitrogen and oxygen atoms in total. The van der Waals surface area contributed by atoms with Crippen molar-refractivity contribution in [2.75, 3.05) is 26.7 Å². The number of nitrogens with one attached hydrogen (secondary N) is 3. The summed E-state index contributed by atoms with van der Waals surface area (Å²) in [6.07, 6.45) is 3.35. The van der Waals surface area contributed by atoms with E-state index < -0.39 is 18.1 Å². The average Bonchev–Trinajstić information content (AvgIpc) is 2.98. The van der Waals surface area contributed by atoms with Crippen LogP contribution in [0.4, 0.5) is 0 Å². The van der Waals surface area contributed by atoms with Crippen molar-refractivity contribution >= 4 is 17.7 Å². The van der Waals surface area contributed by atoms with Crippen LogP contribution < -0.4 is 20.7 Å². The maximum Gasteiger partial charge on any atom is 0.243 e. The highest BCUT2D eigenvalue weighted by molar-refractivity contribution is 5.93. The summed E-state index contributed by atoms with van der Waals surface area (Å²) in [5, 5.41) is 9.47. The number of carbonyl (C=O) groups excluding carboxylic acids is 3. The molecule has 0 spiro atoms. The normalized spacial score (nSPS) is 23.2. The molecular formula is C33H48N4O4. The highest BCUT2D eigenvalue weighted by Crippen LogP contribution is 2.21. The van der Waals surface area contributed by atoms with Crippen LogP contribution in [-0.2, 0) is 27.2 Å². The lowest BCUT2D eigenvalue weighted by molar-refractivity contribution is -0.144. The molecule has 0 aromatic heterocycles. The zero-order chi connectivity index (χ0) is 29.8. The van der Waals surface area contributed by atoms with Gasteiger partial charge in [0.05, 0.1) is 6.04 Å². The Bertz CT molecular complexity index is 1130. The molecule has 2 aromatic rings. The number of carbonyl (C=O) groups is 3. The molecular weight excluding hydrogens is 516 g/mol. The third kappa shape index (κ3) is 9.05. The van der Waals surface area contributed by atoms with Gasteiger partial charge in [0, 0.05) is 26.6 Å². The zero-order valence-corrected chi connectivity index (χ0v) is 25.3. The van der Waals surface area contributed by atoms with E-state index in [4.69, 9.17) is 4.74 Å². The second kappa shape index (κ2) is 16.2. The van der Waals surface area contributed by atoms with Gasteiger partial charge >= 0.3 is 0 Å². The summed E-state index contributed by atoms with van der Waals surface area (Å²) in [5.41, 5.74) is 2.02. The predicted octanol–water partition coefficient (Wildman–Crippen LogP) is 3.73. The van der Waals surface area contributed by atoms with Crippen LogP contribution in [0, 0.1) is 11.8 Å². The summed E-state index contributed by atoms with van der Waals surface area (Å²) >= 11 is 0. The fourth-order valence-corrected chi connectivity index (χ4v) is 5.32. The molecule has 0 saturated heterocycles. The zero-order valence-electron chi connectivity index (χ0n) is 25.3. The first-order valence-electron chi connectivity index (χ1n) is 15.1. The number of fused-ring (bicyclic) bond motifs is 1. The van der Waals surface area contributed by atoms with Gasteiger partial charge in [0.15, 0.2) is 0 Å². The lowest BCUT2D eigenvalue weighted by Gasteiger charge is -2.36. The first-order valence-corrected chi connectivity index (χ1v) is 15.1. The van der Waals surface area contributed by atoms with E-state index in [-0.39, 0.29) is 29.6 Å². The summed E-state index contributed by atoms with van der Waals surface area (Å²) in [5.74, 6) is 0.0886. The number of nitrogens with zero attached hydrogens (tertiary/aromatic N) is 1. The first kappa shape index (κ1) is 32.1. The molecule has 0 bridgehead atoms. The van der Waals surface area contributed by atoms with E-state index in [1.54, 1.807) is 11.9 Å². The van der Waals surface area contributed by atoms with Gasteiger partial charge in [0.1, 0.15) is 24.4 Å². The second-order valence-corrected chi connectivity index (χ2v) is 11.2. The van der Waals surface area contributed by atoms with Crippen molar-refractivity contribution in [2.45, 2.75) is 77.9 Å². The molecule has 5 atom stereocenters. The minimum atomic E-state index is -0.766. The number of benzene rings is 2. The Balaban J connectivity index is 1.94. The molecule has 41 heavy (non-hydrogen) atoms. The van der Waals surface area contributed by atoms with Crippen LogP contribution in [-0.4, -0.2) is 67.5 Å². The summed E-state index contributed by atoms with van der Waals surface area (Å²) in [7, 11) is 1.70. The Labute approximate surface area is 245 Å². The van der Waals surface area contributed by atoms with Crippen LogP contribution in [0.2, 0.25) is 0 Å². The number of hydrogen-bond donors (Lipinski definition) is 3. The molecule has 0 radical (unpaired) electrons. The smallest absolute Gasteiger partial charge is 0.243 e. The van der Waals surface area contributed by atoms with E-state index in [1.165, 1.54) is 0 Å². The lowest BCUT2D eigenvalue weighted by Crippen LogP contribution is -2.59. The van der Waals surface area contributed by atoms with Crippen LogP contribution >= 0.6 is 0 Å².